The van der Waals surface area contributed by atoms with Gasteiger partial charge in [0.25, 0.3) is 0 Å². The Labute approximate surface area is 91.7 Å². The molecule has 1 unspecified atom stereocenters. The molecule has 1 aromatic rings. The first kappa shape index (κ1) is 11.5. The van der Waals surface area contributed by atoms with Gasteiger partial charge in [-0.1, -0.05) is 23.7 Å². The van der Waals surface area contributed by atoms with E-state index in [1.54, 1.807) is 0 Å². The molecule has 0 aromatic heterocycles. The van der Waals surface area contributed by atoms with Crippen LogP contribution in [0.5, 0.6) is 0 Å². The van der Waals surface area contributed by atoms with Crippen molar-refractivity contribution in [2.24, 2.45) is 0 Å². The summed E-state index contributed by atoms with van der Waals surface area (Å²) in [4.78, 5) is 2.34. The topological polar surface area (TPSA) is 3.24 Å². The number of benzene rings is 1. The number of hydrogen-bond donors (Lipinski definition) is 0. The van der Waals surface area contributed by atoms with Gasteiger partial charge in [0, 0.05) is 17.1 Å². The molecule has 0 fully saturated rings. The van der Waals surface area contributed by atoms with Gasteiger partial charge >= 0.3 is 0 Å². The molecule has 2 heteroatoms. The highest BCUT2D eigenvalue weighted by molar-refractivity contribution is 6.30. The Bertz CT molecular complexity index is 279. The summed E-state index contributed by atoms with van der Waals surface area (Å²) in [6.45, 7) is 6.61. The van der Waals surface area contributed by atoms with Crippen LogP contribution in [0.15, 0.2) is 24.3 Å². The molecule has 1 atom stereocenters. The van der Waals surface area contributed by atoms with Crippen molar-refractivity contribution in [1.82, 2.24) is 4.90 Å². The summed E-state index contributed by atoms with van der Waals surface area (Å²) in [5, 5.41) is 0.799. The van der Waals surface area contributed by atoms with Crippen LogP contribution in [0.2, 0.25) is 5.02 Å². The highest BCUT2D eigenvalue weighted by atomic mass is 35.5. The van der Waals surface area contributed by atoms with Crippen LogP contribution in [0.25, 0.3) is 0 Å². The van der Waals surface area contributed by atoms with Gasteiger partial charge < -0.3 is 0 Å². The van der Waals surface area contributed by atoms with Gasteiger partial charge in [-0.25, -0.2) is 0 Å². The number of rotatable bonds is 3. The van der Waals surface area contributed by atoms with Crippen LogP contribution in [-0.4, -0.2) is 18.0 Å². The van der Waals surface area contributed by atoms with Crippen LogP contribution < -0.4 is 0 Å². The molecule has 14 heavy (non-hydrogen) atoms. The largest absolute Gasteiger partial charge is 0.297 e. The molecule has 0 aliphatic heterocycles. The maximum absolute atomic E-state index is 5.84. The molecule has 0 radical (unpaired) electrons. The molecule has 78 valence electrons. The van der Waals surface area contributed by atoms with Crippen LogP contribution in [0.1, 0.15) is 32.4 Å². The highest BCUT2D eigenvalue weighted by Gasteiger charge is 2.13. The molecule has 0 N–H and O–H groups in total. The van der Waals surface area contributed by atoms with Crippen molar-refractivity contribution in [1.29, 1.82) is 0 Å². The predicted octanol–water partition coefficient (Wildman–Crippen LogP) is 3.74. The monoisotopic (exact) mass is 211 g/mol. The third-order valence-electron chi connectivity index (χ3n) is 2.78. The van der Waals surface area contributed by atoms with Crippen LogP contribution in [0, 0.1) is 0 Å². The maximum Gasteiger partial charge on any atom is 0.0406 e. The number of halogens is 1. The summed E-state index contributed by atoms with van der Waals surface area (Å²) in [6, 6.07) is 9.06. The Balaban J connectivity index is 2.78. The highest BCUT2D eigenvalue weighted by Crippen LogP contribution is 2.21. The van der Waals surface area contributed by atoms with E-state index >= 15 is 0 Å². The first-order valence-electron chi connectivity index (χ1n) is 4.99. The van der Waals surface area contributed by atoms with E-state index in [1.807, 2.05) is 12.1 Å². The molecule has 0 saturated carbocycles. The maximum atomic E-state index is 5.84. The molecule has 1 nitrogen and oxygen atoms in total. The van der Waals surface area contributed by atoms with Crippen molar-refractivity contribution in [3.05, 3.63) is 34.9 Å². The SMILES string of the molecule is CC(C)N(C)C(C)c1ccc(Cl)cc1. The fourth-order valence-corrected chi connectivity index (χ4v) is 1.55. The third-order valence-corrected chi connectivity index (χ3v) is 3.03. The fourth-order valence-electron chi connectivity index (χ4n) is 1.42. The Morgan fingerprint density at radius 3 is 2.00 bits per heavy atom. The Hall–Kier alpha value is -0.530. The minimum Gasteiger partial charge on any atom is -0.297 e. The quantitative estimate of drug-likeness (QED) is 0.736. The van der Waals surface area contributed by atoms with Gasteiger partial charge in [0.15, 0.2) is 0 Å². The normalized spacial score (nSPS) is 13.6. The van der Waals surface area contributed by atoms with E-state index in [0.29, 0.717) is 12.1 Å². The van der Waals surface area contributed by atoms with Crippen LogP contribution in [0.4, 0.5) is 0 Å². The third kappa shape index (κ3) is 2.73. The second kappa shape index (κ2) is 4.81. The molecule has 0 heterocycles. The van der Waals surface area contributed by atoms with Crippen molar-refractivity contribution >= 4 is 11.6 Å². The van der Waals surface area contributed by atoms with Gasteiger partial charge in [0.2, 0.25) is 0 Å². The zero-order chi connectivity index (χ0) is 10.7. The Morgan fingerprint density at radius 2 is 1.57 bits per heavy atom. The van der Waals surface area contributed by atoms with E-state index in [-0.39, 0.29) is 0 Å². The molecule has 0 bridgehead atoms. The lowest BCUT2D eigenvalue weighted by Gasteiger charge is -2.28. The minimum atomic E-state index is 0.437. The van der Waals surface area contributed by atoms with E-state index in [1.165, 1.54) is 5.56 Å². The molecule has 0 aliphatic carbocycles. The molecule has 0 saturated heterocycles. The van der Waals surface area contributed by atoms with Crippen LogP contribution >= 0.6 is 11.6 Å². The molecule has 0 spiro atoms. The van der Waals surface area contributed by atoms with Crippen molar-refractivity contribution < 1.29 is 0 Å². The van der Waals surface area contributed by atoms with Gasteiger partial charge in [0.05, 0.1) is 0 Å². The molecular formula is C12H18ClN. The Morgan fingerprint density at radius 1 is 1.07 bits per heavy atom. The van der Waals surface area contributed by atoms with Crippen molar-refractivity contribution in [2.45, 2.75) is 32.9 Å². The molecule has 1 rings (SSSR count). The van der Waals surface area contributed by atoms with Crippen molar-refractivity contribution in [2.75, 3.05) is 7.05 Å². The van der Waals surface area contributed by atoms with E-state index in [0.717, 1.165) is 5.02 Å². The molecule has 0 amide bonds. The summed E-state index contributed by atoms with van der Waals surface area (Å²) in [7, 11) is 2.14. The summed E-state index contributed by atoms with van der Waals surface area (Å²) in [5.41, 5.74) is 1.31. The summed E-state index contributed by atoms with van der Waals surface area (Å²) in [5.74, 6) is 0. The standard InChI is InChI=1S/C12H18ClN/c1-9(2)14(4)10(3)11-5-7-12(13)8-6-11/h5-10H,1-4H3. The minimum absolute atomic E-state index is 0.437. The van der Waals surface area contributed by atoms with Gasteiger partial charge in [-0.3, -0.25) is 4.90 Å². The smallest absolute Gasteiger partial charge is 0.0406 e. The molecular weight excluding hydrogens is 194 g/mol. The van der Waals surface area contributed by atoms with Gasteiger partial charge in [0.1, 0.15) is 0 Å². The average Bonchev–Trinajstić information content (AvgIpc) is 2.16. The first-order chi connectivity index (χ1) is 6.52. The fraction of sp³-hybridized carbons (Fsp3) is 0.500. The van der Waals surface area contributed by atoms with Crippen molar-refractivity contribution in [3.63, 3.8) is 0 Å². The lowest BCUT2D eigenvalue weighted by molar-refractivity contribution is 0.210. The lowest BCUT2D eigenvalue weighted by atomic mass is 10.1. The zero-order valence-electron chi connectivity index (χ0n) is 9.29. The summed E-state index contributed by atoms with van der Waals surface area (Å²) >= 11 is 5.84. The Kier molecular flexibility index (Phi) is 3.97. The van der Waals surface area contributed by atoms with Gasteiger partial charge in [-0.05, 0) is 45.5 Å². The lowest BCUT2D eigenvalue weighted by Crippen LogP contribution is -2.29. The predicted molar refractivity (Wildman–Crippen MR) is 62.8 cm³/mol. The van der Waals surface area contributed by atoms with E-state index in [4.69, 9.17) is 11.6 Å². The van der Waals surface area contributed by atoms with Gasteiger partial charge in [-0.15, -0.1) is 0 Å². The summed E-state index contributed by atoms with van der Waals surface area (Å²) in [6.07, 6.45) is 0. The molecule has 0 aliphatic rings. The number of hydrogen-bond acceptors (Lipinski definition) is 1. The zero-order valence-corrected chi connectivity index (χ0v) is 10.0. The van der Waals surface area contributed by atoms with Crippen LogP contribution in [0.3, 0.4) is 0 Å². The van der Waals surface area contributed by atoms with Crippen molar-refractivity contribution in [3.8, 4) is 0 Å². The molecule has 1 aromatic carbocycles. The van der Waals surface area contributed by atoms with E-state index in [9.17, 15) is 0 Å². The summed E-state index contributed by atoms with van der Waals surface area (Å²) < 4.78 is 0. The van der Waals surface area contributed by atoms with E-state index < -0.39 is 0 Å². The first-order valence-corrected chi connectivity index (χ1v) is 5.37. The average molecular weight is 212 g/mol. The second-order valence-corrected chi connectivity index (χ2v) is 4.42. The van der Waals surface area contributed by atoms with E-state index in [2.05, 4.69) is 44.9 Å². The van der Waals surface area contributed by atoms with Gasteiger partial charge in [-0.2, -0.15) is 0 Å². The van der Waals surface area contributed by atoms with Crippen LogP contribution in [-0.2, 0) is 0 Å². The second-order valence-electron chi connectivity index (χ2n) is 3.99. The number of nitrogens with zero attached hydrogens (tertiary/aromatic N) is 1.